The monoisotopic (exact) mass is 652 g/mol. The lowest BCUT2D eigenvalue weighted by Gasteiger charge is -2.31. The Bertz CT molecular complexity index is 3010. The van der Waals surface area contributed by atoms with Crippen LogP contribution < -0.4 is 0 Å². The van der Waals surface area contributed by atoms with Crippen molar-refractivity contribution < 1.29 is 4.42 Å². The maximum Gasteiger partial charge on any atom is 0.138 e. The van der Waals surface area contributed by atoms with E-state index in [0.29, 0.717) is 5.92 Å². The third-order valence-corrected chi connectivity index (χ3v) is 12.2. The first kappa shape index (κ1) is 27.6. The number of nitrogens with zero attached hydrogens (tertiary/aromatic N) is 2. The van der Waals surface area contributed by atoms with Crippen LogP contribution in [0.4, 0.5) is 0 Å². The largest absolute Gasteiger partial charge is 0.456 e. The van der Waals surface area contributed by atoms with Crippen LogP contribution in [0.2, 0.25) is 0 Å². The van der Waals surface area contributed by atoms with Crippen LogP contribution in [0.3, 0.4) is 0 Å². The molecule has 3 nitrogen and oxygen atoms in total. The van der Waals surface area contributed by atoms with E-state index in [1.807, 2.05) is 6.07 Å². The minimum absolute atomic E-state index is 0.197. The first-order valence-electron chi connectivity index (χ1n) is 18.0. The third-order valence-electron chi connectivity index (χ3n) is 12.2. The zero-order chi connectivity index (χ0) is 33.6. The van der Waals surface area contributed by atoms with Crippen molar-refractivity contribution in [1.29, 1.82) is 0 Å². The van der Waals surface area contributed by atoms with Gasteiger partial charge in [0.2, 0.25) is 0 Å². The molecule has 0 fully saturated rings. The zero-order valence-corrected chi connectivity index (χ0v) is 28.3. The van der Waals surface area contributed by atoms with Gasteiger partial charge in [0, 0.05) is 38.8 Å². The van der Waals surface area contributed by atoms with Crippen LogP contribution in [0.5, 0.6) is 0 Å². The van der Waals surface area contributed by atoms with Crippen LogP contribution in [0.25, 0.3) is 77.4 Å². The summed E-state index contributed by atoms with van der Waals surface area (Å²) >= 11 is 0. The van der Waals surface area contributed by atoms with E-state index in [0.717, 1.165) is 22.7 Å². The van der Waals surface area contributed by atoms with Gasteiger partial charge in [-0.2, -0.15) is 0 Å². The second kappa shape index (κ2) is 9.53. The molecule has 3 aromatic heterocycles. The molecule has 0 bridgehead atoms. The SMILES string of the molecule is CC1(C)c2cc3oc4ccccc4c3cc2-c2cc3c4ccccc4n(-c4cccc(C5=CC=C6c7ccccc7C7=CC=CC5C76)n4)c3cc21. The number of rotatable bonds is 2. The minimum Gasteiger partial charge on any atom is -0.456 e. The van der Waals surface area contributed by atoms with Crippen LogP contribution in [-0.2, 0) is 5.41 Å². The van der Waals surface area contributed by atoms with Gasteiger partial charge < -0.3 is 4.42 Å². The lowest BCUT2D eigenvalue weighted by molar-refractivity contribution is 0.647. The number of benzene rings is 5. The highest BCUT2D eigenvalue weighted by atomic mass is 16.3. The van der Waals surface area contributed by atoms with E-state index in [1.165, 1.54) is 82.7 Å². The Morgan fingerprint density at radius 2 is 1.27 bits per heavy atom. The van der Waals surface area contributed by atoms with Crippen LogP contribution in [0.1, 0.15) is 41.8 Å². The standard InChI is InChI=1S/C48H32N2O/c1-48(2)39-25-43-37(23-35(39)36-24-38-31-14-6-8-19-44(31)51-45(38)26-40(36)48)30-13-5-7-18-42(30)50(43)46-20-10-17-41(49-46)29-21-22-34-28-12-4-3-11-27(28)32-15-9-16-33(29)47(32)34/h3-26,33,47H,1-2H3. The molecular weight excluding hydrogens is 621 g/mol. The lowest BCUT2D eigenvalue weighted by Crippen LogP contribution is -2.19. The Morgan fingerprint density at radius 3 is 2.14 bits per heavy atom. The van der Waals surface area contributed by atoms with Crippen molar-refractivity contribution >= 4 is 60.5 Å². The fourth-order valence-corrected chi connectivity index (χ4v) is 9.85. The van der Waals surface area contributed by atoms with Crippen LogP contribution in [0, 0.1) is 11.8 Å². The Hall–Kier alpha value is -6.19. The molecule has 240 valence electrons. The van der Waals surface area contributed by atoms with Gasteiger partial charge in [-0.25, -0.2) is 4.98 Å². The second-order valence-corrected chi connectivity index (χ2v) is 15.1. The van der Waals surface area contributed by atoms with Gasteiger partial charge in [-0.15, -0.1) is 0 Å². The van der Waals surface area contributed by atoms with Crippen LogP contribution in [-0.4, -0.2) is 9.55 Å². The Balaban J connectivity index is 1.05. The maximum absolute atomic E-state index is 6.37. The third kappa shape index (κ3) is 3.51. The molecule has 8 aromatic rings. The lowest BCUT2D eigenvalue weighted by atomic mass is 9.73. The number of pyridine rings is 1. The molecule has 5 aromatic carbocycles. The van der Waals surface area contributed by atoms with E-state index in [2.05, 4.69) is 158 Å². The Kier molecular flexibility index (Phi) is 5.16. The van der Waals surface area contributed by atoms with Crippen molar-refractivity contribution in [3.05, 3.63) is 174 Å². The summed E-state index contributed by atoms with van der Waals surface area (Å²) in [6.45, 7) is 4.70. The summed E-state index contributed by atoms with van der Waals surface area (Å²) in [5.41, 5.74) is 17.2. The van der Waals surface area contributed by atoms with Gasteiger partial charge in [-0.3, -0.25) is 4.57 Å². The first-order chi connectivity index (χ1) is 25.0. The summed E-state index contributed by atoms with van der Waals surface area (Å²) in [4.78, 5) is 5.48. The van der Waals surface area contributed by atoms with E-state index in [4.69, 9.17) is 9.40 Å². The molecule has 3 heteroatoms. The molecule has 3 heterocycles. The van der Waals surface area contributed by atoms with Crippen molar-refractivity contribution in [1.82, 2.24) is 9.55 Å². The van der Waals surface area contributed by atoms with E-state index >= 15 is 0 Å². The Morgan fingerprint density at radius 1 is 0.569 bits per heavy atom. The summed E-state index contributed by atoms with van der Waals surface area (Å²) in [7, 11) is 0. The number of hydrogen-bond donors (Lipinski definition) is 0. The summed E-state index contributed by atoms with van der Waals surface area (Å²) in [6, 6.07) is 42.1. The number of hydrogen-bond acceptors (Lipinski definition) is 2. The molecule has 2 atom stereocenters. The molecule has 4 aliphatic rings. The number of fused-ring (bicyclic) bond motifs is 12. The predicted molar refractivity (Wildman–Crippen MR) is 210 cm³/mol. The average Bonchev–Trinajstić information content (AvgIpc) is 3.87. The molecule has 0 N–H and O–H groups in total. The molecule has 0 amide bonds. The molecule has 4 aliphatic carbocycles. The number of para-hydroxylation sites is 2. The summed E-state index contributed by atoms with van der Waals surface area (Å²) in [6.07, 6.45) is 11.6. The van der Waals surface area contributed by atoms with E-state index in [-0.39, 0.29) is 11.3 Å². The predicted octanol–water partition coefficient (Wildman–Crippen LogP) is 12.1. The van der Waals surface area contributed by atoms with Crippen molar-refractivity contribution in [2.45, 2.75) is 19.3 Å². The number of furan rings is 1. The molecule has 0 spiro atoms. The summed E-state index contributed by atoms with van der Waals surface area (Å²) < 4.78 is 8.74. The summed E-state index contributed by atoms with van der Waals surface area (Å²) in [5, 5.41) is 4.82. The molecule has 0 saturated heterocycles. The van der Waals surface area contributed by atoms with Gasteiger partial charge in [0.05, 0.1) is 16.7 Å². The average molecular weight is 653 g/mol. The van der Waals surface area contributed by atoms with Crippen LogP contribution >= 0.6 is 0 Å². The minimum atomic E-state index is -0.197. The topological polar surface area (TPSA) is 31.0 Å². The fourth-order valence-electron chi connectivity index (χ4n) is 9.85. The molecule has 12 rings (SSSR count). The fraction of sp³-hybridized carbons (Fsp3) is 0.104. The second-order valence-electron chi connectivity index (χ2n) is 15.1. The highest BCUT2D eigenvalue weighted by Gasteiger charge is 2.41. The van der Waals surface area contributed by atoms with Gasteiger partial charge in [-0.1, -0.05) is 111 Å². The highest BCUT2D eigenvalue weighted by Crippen LogP contribution is 2.56. The van der Waals surface area contributed by atoms with Gasteiger partial charge in [0.25, 0.3) is 0 Å². The van der Waals surface area contributed by atoms with E-state index in [1.54, 1.807) is 0 Å². The van der Waals surface area contributed by atoms with Gasteiger partial charge in [0.1, 0.15) is 17.0 Å². The van der Waals surface area contributed by atoms with Crippen molar-refractivity contribution in [3.63, 3.8) is 0 Å². The highest BCUT2D eigenvalue weighted by molar-refractivity contribution is 6.13. The zero-order valence-electron chi connectivity index (χ0n) is 28.3. The van der Waals surface area contributed by atoms with Gasteiger partial charge >= 0.3 is 0 Å². The molecule has 0 radical (unpaired) electrons. The van der Waals surface area contributed by atoms with Crippen molar-refractivity contribution in [2.75, 3.05) is 0 Å². The molecular formula is C48H32N2O. The van der Waals surface area contributed by atoms with Crippen LogP contribution in [0.15, 0.2) is 150 Å². The quantitative estimate of drug-likeness (QED) is 0.186. The van der Waals surface area contributed by atoms with Crippen molar-refractivity contribution in [2.24, 2.45) is 11.8 Å². The molecule has 2 unspecified atom stereocenters. The molecule has 51 heavy (non-hydrogen) atoms. The molecule has 0 aliphatic heterocycles. The van der Waals surface area contributed by atoms with E-state index in [9.17, 15) is 0 Å². The smallest absolute Gasteiger partial charge is 0.138 e. The first-order valence-corrected chi connectivity index (χ1v) is 18.0. The maximum atomic E-state index is 6.37. The van der Waals surface area contributed by atoms with Crippen molar-refractivity contribution in [3.8, 4) is 16.9 Å². The van der Waals surface area contributed by atoms with E-state index < -0.39 is 0 Å². The summed E-state index contributed by atoms with van der Waals surface area (Å²) in [5.74, 6) is 1.52. The van der Waals surface area contributed by atoms with Gasteiger partial charge in [-0.05, 0) is 98.6 Å². The van der Waals surface area contributed by atoms with Gasteiger partial charge in [0.15, 0.2) is 0 Å². The number of allylic oxidation sites excluding steroid dienone is 8. The normalized spacial score (nSPS) is 19.2. The molecule has 0 saturated carbocycles. The Labute approximate surface area is 295 Å². The number of aromatic nitrogens is 2.